The molecule has 172 valence electrons. The van der Waals surface area contributed by atoms with Crippen LogP contribution in [-0.4, -0.2) is 16.9 Å². The topological polar surface area (TPSA) is 59.5 Å². The maximum atomic E-state index is 13.8. The first kappa shape index (κ1) is 23.1. The summed E-state index contributed by atoms with van der Waals surface area (Å²) >= 11 is 1.33. The zero-order valence-corrected chi connectivity index (χ0v) is 19.7. The summed E-state index contributed by atoms with van der Waals surface area (Å²) in [4.78, 5) is 31.6. The number of halogens is 1. The summed E-state index contributed by atoms with van der Waals surface area (Å²) in [6, 6.07) is 14.0. The molecule has 0 N–H and O–H groups in total. The van der Waals surface area contributed by atoms with Crippen molar-refractivity contribution in [2.45, 2.75) is 58.0 Å². The number of hydrogen-bond donors (Lipinski definition) is 0. The predicted octanol–water partition coefficient (Wildman–Crippen LogP) is 6.08. The quantitative estimate of drug-likeness (QED) is 0.396. The Morgan fingerprint density at radius 1 is 1.15 bits per heavy atom. The smallest absolute Gasteiger partial charge is 0.316 e. The van der Waals surface area contributed by atoms with Crippen LogP contribution in [0.1, 0.15) is 56.4 Å². The molecule has 0 unspecified atom stereocenters. The minimum atomic E-state index is -0.812. The van der Waals surface area contributed by atoms with Crippen molar-refractivity contribution < 1.29 is 18.7 Å². The molecule has 33 heavy (non-hydrogen) atoms. The van der Waals surface area contributed by atoms with E-state index in [0.717, 1.165) is 24.9 Å². The zero-order valence-electron chi connectivity index (χ0n) is 18.8. The van der Waals surface area contributed by atoms with Gasteiger partial charge in [0.2, 0.25) is 5.91 Å². The van der Waals surface area contributed by atoms with Gasteiger partial charge in [0.25, 0.3) is 0 Å². The zero-order chi connectivity index (χ0) is 23.4. The number of aryl methyl sites for hydroxylation is 1. The lowest BCUT2D eigenvalue weighted by Crippen LogP contribution is -2.34. The first-order valence-corrected chi connectivity index (χ1v) is 12.1. The Bertz CT molecular complexity index is 1140. The number of esters is 1. The molecule has 0 saturated heterocycles. The highest BCUT2D eigenvalue weighted by Gasteiger charge is 2.44. The SMILES string of the molecule is CCc1ccc(N(C(C)=O)c2nc(COC(=O)C3(c4cccc(F)c4)CCCC3)cs2)cc1. The van der Waals surface area contributed by atoms with E-state index in [1.54, 1.807) is 22.4 Å². The second kappa shape index (κ2) is 9.83. The van der Waals surface area contributed by atoms with Gasteiger partial charge in [-0.3, -0.25) is 14.5 Å². The molecular formula is C26H27FN2O3S. The third-order valence-corrected chi connectivity index (χ3v) is 7.10. The summed E-state index contributed by atoms with van der Waals surface area (Å²) in [5.41, 5.74) is 2.36. The Hall–Kier alpha value is -3.06. The van der Waals surface area contributed by atoms with Gasteiger partial charge >= 0.3 is 5.97 Å². The van der Waals surface area contributed by atoms with Crippen LogP contribution in [0.5, 0.6) is 0 Å². The summed E-state index contributed by atoms with van der Waals surface area (Å²) in [5, 5.41) is 2.32. The first-order chi connectivity index (χ1) is 15.9. The summed E-state index contributed by atoms with van der Waals surface area (Å²) in [6.45, 7) is 3.58. The molecule has 3 aromatic rings. The number of anilines is 2. The maximum absolute atomic E-state index is 13.8. The number of hydrogen-bond acceptors (Lipinski definition) is 5. The Kier molecular flexibility index (Phi) is 6.88. The largest absolute Gasteiger partial charge is 0.458 e. The molecular weight excluding hydrogens is 439 g/mol. The van der Waals surface area contributed by atoms with Crippen molar-refractivity contribution in [1.29, 1.82) is 0 Å². The number of rotatable bonds is 7. The van der Waals surface area contributed by atoms with Gasteiger partial charge < -0.3 is 4.74 Å². The van der Waals surface area contributed by atoms with Crippen LogP contribution in [0.4, 0.5) is 15.2 Å². The van der Waals surface area contributed by atoms with Crippen molar-refractivity contribution in [3.8, 4) is 0 Å². The molecule has 0 spiro atoms. The molecule has 1 aromatic heterocycles. The third-order valence-electron chi connectivity index (χ3n) is 6.22. The third kappa shape index (κ3) is 4.83. The van der Waals surface area contributed by atoms with Crippen molar-refractivity contribution in [3.05, 3.63) is 76.5 Å². The van der Waals surface area contributed by atoms with Gasteiger partial charge in [-0.1, -0.05) is 44.0 Å². The molecule has 0 aliphatic heterocycles. The lowest BCUT2D eigenvalue weighted by atomic mass is 9.79. The van der Waals surface area contributed by atoms with Crippen molar-refractivity contribution >= 4 is 34.0 Å². The molecule has 0 radical (unpaired) electrons. The monoisotopic (exact) mass is 466 g/mol. The number of aromatic nitrogens is 1. The van der Waals surface area contributed by atoms with E-state index in [-0.39, 0.29) is 24.3 Å². The molecule has 5 nitrogen and oxygen atoms in total. The van der Waals surface area contributed by atoms with E-state index >= 15 is 0 Å². The van der Waals surface area contributed by atoms with Gasteiger partial charge in [-0.2, -0.15) is 0 Å². The van der Waals surface area contributed by atoms with Gasteiger partial charge in [-0.15, -0.1) is 11.3 Å². The van der Waals surface area contributed by atoms with Crippen LogP contribution in [-0.2, 0) is 32.8 Å². The Morgan fingerprint density at radius 2 is 1.88 bits per heavy atom. The molecule has 1 heterocycles. The van der Waals surface area contributed by atoms with Crippen molar-refractivity contribution in [1.82, 2.24) is 4.98 Å². The van der Waals surface area contributed by atoms with Crippen LogP contribution >= 0.6 is 11.3 Å². The highest BCUT2D eigenvalue weighted by atomic mass is 32.1. The lowest BCUT2D eigenvalue weighted by Gasteiger charge is -2.27. The predicted molar refractivity (Wildman–Crippen MR) is 127 cm³/mol. The van der Waals surface area contributed by atoms with E-state index < -0.39 is 5.41 Å². The van der Waals surface area contributed by atoms with Crippen LogP contribution in [0.3, 0.4) is 0 Å². The van der Waals surface area contributed by atoms with Crippen molar-refractivity contribution in [2.24, 2.45) is 0 Å². The Morgan fingerprint density at radius 3 is 2.52 bits per heavy atom. The normalized spacial score (nSPS) is 14.8. The molecule has 2 aromatic carbocycles. The molecule has 0 atom stereocenters. The average Bonchev–Trinajstić information content (AvgIpc) is 3.49. The Balaban J connectivity index is 1.49. The number of nitrogens with zero attached hydrogens (tertiary/aromatic N) is 2. The molecule has 1 fully saturated rings. The minimum Gasteiger partial charge on any atom is -0.458 e. The second-order valence-electron chi connectivity index (χ2n) is 8.37. The van der Waals surface area contributed by atoms with E-state index in [4.69, 9.17) is 4.74 Å². The average molecular weight is 467 g/mol. The van der Waals surface area contributed by atoms with E-state index in [1.165, 1.54) is 36.0 Å². The van der Waals surface area contributed by atoms with Gasteiger partial charge in [0.15, 0.2) is 5.13 Å². The lowest BCUT2D eigenvalue weighted by molar-refractivity contribution is -0.152. The van der Waals surface area contributed by atoms with Gasteiger partial charge in [-0.05, 0) is 54.7 Å². The van der Waals surface area contributed by atoms with Crippen molar-refractivity contribution in [3.63, 3.8) is 0 Å². The number of carbonyl (C=O) groups excluding carboxylic acids is 2. The number of benzene rings is 2. The maximum Gasteiger partial charge on any atom is 0.316 e. The molecule has 1 saturated carbocycles. The molecule has 1 aliphatic carbocycles. The fourth-order valence-corrected chi connectivity index (χ4v) is 5.30. The highest BCUT2D eigenvalue weighted by Crippen LogP contribution is 2.42. The number of carbonyl (C=O) groups is 2. The standard InChI is InChI=1S/C26H27FN2O3S/c1-3-19-9-11-23(12-10-19)29(18(2)30)25-28-22(17-33-25)16-32-24(31)26(13-4-5-14-26)20-7-6-8-21(27)15-20/h6-12,15,17H,3-5,13-14,16H2,1-2H3. The van der Waals surface area contributed by atoms with Gasteiger partial charge in [0.05, 0.1) is 16.8 Å². The summed E-state index contributed by atoms with van der Waals surface area (Å²) in [6.07, 6.45) is 4.00. The first-order valence-electron chi connectivity index (χ1n) is 11.2. The van der Waals surface area contributed by atoms with Gasteiger partial charge in [0, 0.05) is 12.3 Å². The Labute approximate surface area is 197 Å². The number of amides is 1. The van der Waals surface area contributed by atoms with E-state index in [0.29, 0.717) is 29.2 Å². The van der Waals surface area contributed by atoms with Crippen LogP contribution in [0, 0.1) is 5.82 Å². The van der Waals surface area contributed by atoms with Crippen LogP contribution in [0.2, 0.25) is 0 Å². The number of thiazole rings is 1. The highest BCUT2D eigenvalue weighted by molar-refractivity contribution is 7.14. The van der Waals surface area contributed by atoms with Crippen LogP contribution < -0.4 is 4.90 Å². The molecule has 4 rings (SSSR count). The fourth-order valence-electron chi connectivity index (χ4n) is 4.43. The molecule has 0 bridgehead atoms. The second-order valence-corrected chi connectivity index (χ2v) is 9.21. The summed E-state index contributed by atoms with van der Waals surface area (Å²) in [5.74, 6) is -0.848. The molecule has 1 amide bonds. The van der Waals surface area contributed by atoms with Gasteiger partial charge in [0.1, 0.15) is 12.4 Å². The minimum absolute atomic E-state index is 0.00686. The number of ether oxygens (including phenoxy) is 1. The summed E-state index contributed by atoms with van der Waals surface area (Å²) in [7, 11) is 0. The van der Waals surface area contributed by atoms with E-state index in [2.05, 4.69) is 11.9 Å². The molecule has 1 aliphatic rings. The summed E-state index contributed by atoms with van der Waals surface area (Å²) < 4.78 is 19.5. The van der Waals surface area contributed by atoms with E-state index in [1.807, 2.05) is 24.3 Å². The fraction of sp³-hybridized carbons (Fsp3) is 0.346. The van der Waals surface area contributed by atoms with Gasteiger partial charge in [-0.25, -0.2) is 9.37 Å². The van der Waals surface area contributed by atoms with Crippen LogP contribution in [0.15, 0.2) is 53.9 Å². The molecule has 7 heteroatoms. The van der Waals surface area contributed by atoms with Crippen LogP contribution in [0.25, 0.3) is 0 Å². The van der Waals surface area contributed by atoms with Crippen molar-refractivity contribution in [2.75, 3.05) is 4.90 Å². The van der Waals surface area contributed by atoms with E-state index in [9.17, 15) is 14.0 Å².